The highest BCUT2D eigenvalue weighted by molar-refractivity contribution is 7.90. The van der Waals surface area contributed by atoms with E-state index in [-0.39, 0.29) is 11.8 Å². The fourth-order valence-electron chi connectivity index (χ4n) is 2.20. The number of rotatable bonds is 8. The van der Waals surface area contributed by atoms with Crippen molar-refractivity contribution in [3.8, 4) is 0 Å². The van der Waals surface area contributed by atoms with Crippen LogP contribution in [0.4, 0.5) is 5.69 Å². The quantitative estimate of drug-likeness (QED) is 0.799. The van der Waals surface area contributed by atoms with Gasteiger partial charge in [-0.3, -0.25) is 0 Å². The minimum atomic E-state index is -2.87. The average molecular weight is 298 g/mol. The van der Waals surface area contributed by atoms with Gasteiger partial charge in [0.25, 0.3) is 0 Å². The molecule has 0 heterocycles. The van der Waals surface area contributed by atoms with E-state index in [1.54, 1.807) is 0 Å². The Morgan fingerprint density at radius 2 is 2.00 bits per heavy atom. The van der Waals surface area contributed by atoms with E-state index >= 15 is 0 Å². The lowest BCUT2D eigenvalue weighted by Gasteiger charge is -2.21. The van der Waals surface area contributed by atoms with Crippen LogP contribution in [0.15, 0.2) is 24.3 Å². The molecule has 0 saturated heterocycles. The van der Waals surface area contributed by atoms with Gasteiger partial charge in [-0.05, 0) is 37.1 Å². The number of hydrogen-bond donors (Lipinski definition) is 1. The smallest absolute Gasteiger partial charge is 0.147 e. The summed E-state index contributed by atoms with van der Waals surface area (Å²) < 4.78 is 22.4. The van der Waals surface area contributed by atoms with Crippen molar-refractivity contribution >= 4 is 15.5 Å². The van der Waals surface area contributed by atoms with E-state index in [1.165, 1.54) is 11.8 Å². The predicted molar refractivity (Wildman–Crippen MR) is 86.1 cm³/mol. The van der Waals surface area contributed by atoms with Crippen LogP contribution in [0.2, 0.25) is 0 Å². The van der Waals surface area contributed by atoms with Gasteiger partial charge in [-0.1, -0.05) is 19.1 Å². The van der Waals surface area contributed by atoms with Crippen LogP contribution in [-0.2, 0) is 9.84 Å². The van der Waals surface area contributed by atoms with Gasteiger partial charge in [0.15, 0.2) is 0 Å². The first-order chi connectivity index (χ1) is 9.33. The largest absolute Gasteiger partial charge is 0.378 e. The van der Waals surface area contributed by atoms with Crippen molar-refractivity contribution in [1.29, 1.82) is 0 Å². The molecule has 1 N–H and O–H groups in total. The number of nitrogens with zero attached hydrogens (tertiary/aromatic N) is 1. The van der Waals surface area contributed by atoms with E-state index < -0.39 is 9.84 Å². The molecule has 0 aliphatic rings. The minimum absolute atomic E-state index is 0.210. The number of anilines is 1. The maximum absolute atomic E-state index is 11.2. The van der Waals surface area contributed by atoms with Gasteiger partial charge < -0.3 is 10.2 Å². The SMILES string of the molecule is CCNC(CCCS(C)(=O)=O)c1cccc(N(C)C)c1. The minimum Gasteiger partial charge on any atom is -0.378 e. The van der Waals surface area contributed by atoms with Crippen LogP contribution in [0.1, 0.15) is 31.4 Å². The van der Waals surface area contributed by atoms with E-state index in [2.05, 4.69) is 35.3 Å². The Hall–Kier alpha value is -1.07. The highest BCUT2D eigenvalue weighted by atomic mass is 32.2. The summed E-state index contributed by atoms with van der Waals surface area (Å²) in [6, 6.07) is 8.59. The van der Waals surface area contributed by atoms with Crippen molar-refractivity contribution in [1.82, 2.24) is 5.32 Å². The van der Waals surface area contributed by atoms with Gasteiger partial charge in [0.2, 0.25) is 0 Å². The molecule has 0 bridgehead atoms. The van der Waals surface area contributed by atoms with Crippen molar-refractivity contribution in [2.24, 2.45) is 0 Å². The van der Waals surface area contributed by atoms with Crippen LogP contribution in [0, 0.1) is 0 Å². The third-order valence-corrected chi connectivity index (χ3v) is 4.28. The van der Waals surface area contributed by atoms with E-state index in [0.29, 0.717) is 6.42 Å². The fourth-order valence-corrected chi connectivity index (χ4v) is 2.89. The van der Waals surface area contributed by atoms with Crippen molar-refractivity contribution in [2.75, 3.05) is 37.5 Å². The highest BCUT2D eigenvalue weighted by Gasteiger charge is 2.12. The van der Waals surface area contributed by atoms with Crippen LogP contribution >= 0.6 is 0 Å². The van der Waals surface area contributed by atoms with Gasteiger partial charge in [0, 0.05) is 37.8 Å². The Bertz CT molecular complexity index is 512. The summed E-state index contributed by atoms with van der Waals surface area (Å²) in [5.74, 6) is 0.252. The second kappa shape index (κ2) is 7.64. The zero-order valence-corrected chi connectivity index (χ0v) is 13.7. The first-order valence-corrected chi connectivity index (χ1v) is 9.08. The molecule has 1 unspecified atom stereocenters. The molecule has 0 amide bonds. The van der Waals surface area contributed by atoms with Gasteiger partial charge >= 0.3 is 0 Å². The number of benzene rings is 1. The zero-order chi connectivity index (χ0) is 15.2. The summed E-state index contributed by atoms with van der Waals surface area (Å²) in [7, 11) is 1.16. The Labute approximate surface area is 123 Å². The first kappa shape index (κ1) is 17.0. The Kier molecular flexibility index (Phi) is 6.49. The molecule has 0 radical (unpaired) electrons. The molecule has 1 atom stereocenters. The van der Waals surface area contributed by atoms with Gasteiger partial charge in [-0.2, -0.15) is 0 Å². The predicted octanol–water partition coefficient (Wildman–Crippen LogP) is 2.23. The molecule has 1 rings (SSSR count). The summed E-state index contributed by atoms with van der Waals surface area (Å²) in [5.41, 5.74) is 2.38. The molecule has 5 heteroatoms. The Morgan fingerprint density at radius 3 is 2.55 bits per heavy atom. The lowest BCUT2D eigenvalue weighted by atomic mass is 10.0. The molecule has 20 heavy (non-hydrogen) atoms. The summed E-state index contributed by atoms with van der Waals surface area (Å²) in [6.45, 7) is 2.94. The molecule has 0 aliphatic carbocycles. The van der Waals surface area contributed by atoms with E-state index in [4.69, 9.17) is 0 Å². The van der Waals surface area contributed by atoms with Crippen LogP contribution in [-0.4, -0.2) is 41.1 Å². The van der Waals surface area contributed by atoms with Crippen molar-refractivity contribution < 1.29 is 8.42 Å². The molecular formula is C15H26N2O2S. The zero-order valence-electron chi connectivity index (χ0n) is 12.9. The summed E-state index contributed by atoms with van der Waals surface area (Å²) in [6.07, 6.45) is 2.81. The third kappa shape index (κ3) is 5.92. The molecule has 0 saturated carbocycles. The maximum Gasteiger partial charge on any atom is 0.147 e. The Balaban J connectivity index is 2.77. The van der Waals surface area contributed by atoms with Crippen LogP contribution in [0.25, 0.3) is 0 Å². The lowest BCUT2D eigenvalue weighted by Crippen LogP contribution is -2.22. The van der Waals surface area contributed by atoms with Gasteiger partial charge in [-0.25, -0.2) is 8.42 Å². The van der Waals surface area contributed by atoms with Crippen LogP contribution in [0.5, 0.6) is 0 Å². The molecule has 4 nitrogen and oxygen atoms in total. The number of hydrogen-bond acceptors (Lipinski definition) is 4. The van der Waals surface area contributed by atoms with E-state index in [0.717, 1.165) is 18.7 Å². The molecule has 1 aromatic carbocycles. The third-order valence-electron chi connectivity index (χ3n) is 3.25. The number of nitrogens with one attached hydrogen (secondary N) is 1. The molecule has 0 fully saturated rings. The molecule has 0 aliphatic heterocycles. The Morgan fingerprint density at radius 1 is 1.30 bits per heavy atom. The van der Waals surface area contributed by atoms with Crippen molar-refractivity contribution in [2.45, 2.75) is 25.8 Å². The molecule has 114 valence electrons. The summed E-state index contributed by atoms with van der Waals surface area (Å²) in [5, 5.41) is 3.44. The topological polar surface area (TPSA) is 49.4 Å². The van der Waals surface area contributed by atoms with Gasteiger partial charge in [0.05, 0.1) is 0 Å². The van der Waals surface area contributed by atoms with Crippen LogP contribution < -0.4 is 10.2 Å². The molecule has 0 aromatic heterocycles. The average Bonchev–Trinajstić information content (AvgIpc) is 2.36. The van der Waals surface area contributed by atoms with Crippen LogP contribution in [0.3, 0.4) is 0 Å². The summed E-state index contributed by atoms with van der Waals surface area (Å²) in [4.78, 5) is 2.07. The fraction of sp³-hybridized carbons (Fsp3) is 0.600. The van der Waals surface area contributed by atoms with Gasteiger partial charge in [0.1, 0.15) is 9.84 Å². The van der Waals surface area contributed by atoms with Gasteiger partial charge in [-0.15, -0.1) is 0 Å². The molecule has 0 spiro atoms. The molecule has 1 aromatic rings. The second-order valence-corrected chi connectivity index (χ2v) is 7.63. The first-order valence-electron chi connectivity index (χ1n) is 7.02. The number of sulfone groups is 1. The standard InChI is InChI=1S/C15H26N2O2S/c1-5-16-15(10-7-11-20(4,18)19)13-8-6-9-14(12-13)17(2)3/h6,8-9,12,15-16H,5,7,10-11H2,1-4H3. The maximum atomic E-state index is 11.2. The highest BCUT2D eigenvalue weighted by Crippen LogP contribution is 2.23. The normalized spacial score (nSPS) is 13.2. The van der Waals surface area contributed by atoms with Crippen molar-refractivity contribution in [3.05, 3.63) is 29.8 Å². The van der Waals surface area contributed by atoms with E-state index in [1.807, 2.05) is 20.2 Å². The lowest BCUT2D eigenvalue weighted by molar-refractivity contribution is 0.507. The van der Waals surface area contributed by atoms with E-state index in [9.17, 15) is 8.42 Å². The monoisotopic (exact) mass is 298 g/mol. The second-order valence-electron chi connectivity index (χ2n) is 5.37. The summed E-state index contributed by atoms with van der Waals surface area (Å²) >= 11 is 0. The van der Waals surface area contributed by atoms with Crippen molar-refractivity contribution in [3.63, 3.8) is 0 Å². The molecular weight excluding hydrogens is 272 g/mol.